The normalized spacial score (nSPS) is 15.2. The number of nitrogens with two attached hydrogens (primary N) is 1. The average molecular weight is 280 g/mol. The molecule has 4 heteroatoms. The lowest BCUT2D eigenvalue weighted by molar-refractivity contribution is 0.622. The second kappa shape index (κ2) is 5.61. The molecule has 1 aliphatic rings. The number of nitrogens with zero attached hydrogens (tertiary/aromatic N) is 3. The van der Waals surface area contributed by atoms with Crippen LogP contribution in [0.1, 0.15) is 43.0 Å². The second-order valence-electron chi connectivity index (χ2n) is 5.67. The molecule has 108 valence electrons. The molecule has 2 aromatic heterocycles. The lowest BCUT2D eigenvalue weighted by Gasteiger charge is -2.11. The van der Waals surface area contributed by atoms with E-state index in [-0.39, 0.29) is 0 Å². The van der Waals surface area contributed by atoms with E-state index in [1.54, 1.807) is 6.20 Å². The minimum Gasteiger partial charge on any atom is -0.383 e. The van der Waals surface area contributed by atoms with E-state index in [9.17, 15) is 0 Å². The molecule has 2 aromatic rings. The molecule has 3 rings (SSSR count). The molecule has 0 amide bonds. The predicted octanol–water partition coefficient (Wildman–Crippen LogP) is 3.13. The fourth-order valence-corrected chi connectivity index (χ4v) is 3.15. The molecule has 0 bridgehead atoms. The maximum atomic E-state index is 6.34. The van der Waals surface area contributed by atoms with Crippen molar-refractivity contribution in [2.45, 2.75) is 45.1 Å². The number of anilines is 1. The predicted molar refractivity (Wildman–Crippen MR) is 84.6 cm³/mol. The van der Waals surface area contributed by atoms with Gasteiger partial charge in [0.2, 0.25) is 0 Å². The van der Waals surface area contributed by atoms with Crippen LogP contribution in [0.25, 0.3) is 11.3 Å². The highest BCUT2D eigenvalue weighted by molar-refractivity contribution is 5.73. The molecule has 0 atom stereocenters. The highest BCUT2D eigenvalue weighted by Crippen LogP contribution is 2.37. The van der Waals surface area contributed by atoms with Crippen LogP contribution in [-0.2, 0) is 6.54 Å². The summed E-state index contributed by atoms with van der Waals surface area (Å²) in [6.07, 6.45) is 14.0. The van der Waals surface area contributed by atoms with Gasteiger partial charge < -0.3 is 10.3 Å². The topological polar surface area (TPSA) is 56.7 Å². The highest BCUT2D eigenvalue weighted by atomic mass is 15.1. The fraction of sp³-hybridized carbons (Fsp3) is 0.412. The van der Waals surface area contributed by atoms with Gasteiger partial charge in [0, 0.05) is 23.9 Å². The van der Waals surface area contributed by atoms with Crippen LogP contribution >= 0.6 is 0 Å². The Kier molecular flexibility index (Phi) is 3.66. The quantitative estimate of drug-likeness (QED) is 0.879. The van der Waals surface area contributed by atoms with Gasteiger partial charge in [-0.1, -0.05) is 18.8 Å². The van der Waals surface area contributed by atoms with Crippen molar-refractivity contribution in [2.75, 3.05) is 5.73 Å². The molecule has 0 aromatic carbocycles. The lowest BCUT2D eigenvalue weighted by atomic mass is 10.1. The first-order valence-electron chi connectivity index (χ1n) is 7.42. The van der Waals surface area contributed by atoms with Crippen LogP contribution in [0.2, 0.25) is 0 Å². The van der Waals surface area contributed by atoms with Gasteiger partial charge >= 0.3 is 0 Å². The molecule has 0 spiro atoms. The molecule has 1 saturated carbocycles. The van der Waals surface area contributed by atoms with E-state index in [1.807, 2.05) is 23.8 Å². The van der Waals surface area contributed by atoms with Crippen molar-refractivity contribution in [1.29, 1.82) is 0 Å². The summed E-state index contributed by atoms with van der Waals surface area (Å²) in [5.41, 5.74) is 9.27. The third kappa shape index (κ3) is 2.40. The molecule has 2 heterocycles. The van der Waals surface area contributed by atoms with Crippen molar-refractivity contribution in [1.82, 2.24) is 14.5 Å². The monoisotopic (exact) mass is 280 g/mol. The van der Waals surface area contributed by atoms with Gasteiger partial charge in [-0.3, -0.25) is 4.98 Å². The molecule has 0 unspecified atom stereocenters. The van der Waals surface area contributed by atoms with Gasteiger partial charge in [0.15, 0.2) is 0 Å². The van der Waals surface area contributed by atoms with E-state index in [4.69, 9.17) is 17.1 Å². The summed E-state index contributed by atoms with van der Waals surface area (Å²) in [5, 5.41) is 0. The number of pyridine rings is 1. The second-order valence-corrected chi connectivity index (χ2v) is 5.67. The summed E-state index contributed by atoms with van der Waals surface area (Å²) in [6, 6.07) is 1.98. The van der Waals surface area contributed by atoms with Gasteiger partial charge in [0.1, 0.15) is 17.3 Å². The van der Waals surface area contributed by atoms with Crippen molar-refractivity contribution >= 4 is 5.82 Å². The Hall–Kier alpha value is -2.28. The number of terminal acetylenes is 1. The van der Waals surface area contributed by atoms with E-state index in [0.717, 1.165) is 22.6 Å². The van der Waals surface area contributed by atoms with E-state index in [1.165, 1.54) is 25.7 Å². The highest BCUT2D eigenvalue weighted by Gasteiger charge is 2.25. The summed E-state index contributed by atoms with van der Waals surface area (Å²) in [6.45, 7) is 2.52. The first-order chi connectivity index (χ1) is 10.2. The number of hydrogen-bond donors (Lipinski definition) is 1. The van der Waals surface area contributed by atoms with E-state index in [2.05, 4.69) is 10.9 Å². The summed E-state index contributed by atoms with van der Waals surface area (Å²) < 4.78 is 2.00. The zero-order chi connectivity index (χ0) is 14.8. The van der Waals surface area contributed by atoms with E-state index in [0.29, 0.717) is 18.3 Å². The largest absolute Gasteiger partial charge is 0.383 e. The molecule has 0 radical (unpaired) electrons. The Morgan fingerprint density at radius 2 is 2.19 bits per heavy atom. The Morgan fingerprint density at radius 3 is 2.86 bits per heavy atom. The zero-order valence-electron chi connectivity index (χ0n) is 12.3. The summed E-state index contributed by atoms with van der Waals surface area (Å²) in [4.78, 5) is 9.04. The van der Waals surface area contributed by atoms with Gasteiger partial charge in [-0.25, -0.2) is 4.98 Å². The Labute approximate surface area is 125 Å². The first-order valence-corrected chi connectivity index (χ1v) is 7.42. The number of aromatic nitrogens is 3. The van der Waals surface area contributed by atoms with Crippen LogP contribution < -0.4 is 5.73 Å². The fourth-order valence-electron chi connectivity index (χ4n) is 3.15. The maximum Gasteiger partial charge on any atom is 0.132 e. The number of nitrogen functional groups attached to an aromatic ring is 1. The van der Waals surface area contributed by atoms with Crippen LogP contribution in [0.5, 0.6) is 0 Å². The smallest absolute Gasteiger partial charge is 0.132 e. The standard InChI is InChI=1S/C17H20N4/c1-3-10-21-16(18)15(14-11-19-9-8-12(14)2)20-17(21)13-6-4-5-7-13/h1,8-9,11,13H,4-7,10,18H2,2H3. The van der Waals surface area contributed by atoms with Crippen LogP contribution in [0, 0.1) is 19.3 Å². The van der Waals surface area contributed by atoms with Gasteiger partial charge in [-0.15, -0.1) is 6.42 Å². The van der Waals surface area contributed by atoms with Crippen LogP contribution in [-0.4, -0.2) is 14.5 Å². The van der Waals surface area contributed by atoms with Crippen molar-refractivity contribution < 1.29 is 0 Å². The molecule has 0 aliphatic heterocycles. The average Bonchev–Trinajstić information content (AvgIpc) is 3.10. The van der Waals surface area contributed by atoms with Crippen molar-refractivity contribution in [3.8, 4) is 23.6 Å². The molecule has 4 nitrogen and oxygen atoms in total. The molecule has 0 saturated heterocycles. The minimum absolute atomic E-state index is 0.476. The van der Waals surface area contributed by atoms with Crippen LogP contribution in [0.4, 0.5) is 5.82 Å². The zero-order valence-corrected chi connectivity index (χ0v) is 12.3. The van der Waals surface area contributed by atoms with Crippen molar-refractivity contribution in [2.24, 2.45) is 0 Å². The number of aryl methyl sites for hydroxylation is 1. The van der Waals surface area contributed by atoms with Crippen LogP contribution in [0.15, 0.2) is 18.5 Å². The summed E-state index contributed by atoms with van der Waals surface area (Å²) in [7, 11) is 0. The van der Waals surface area contributed by atoms with E-state index >= 15 is 0 Å². The third-order valence-electron chi connectivity index (χ3n) is 4.30. The van der Waals surface area contributed by atoms with Gasteiger partial charge in [-0.05, 0) is 31.4 Å². The molecular weight excluding hydrogens is 260 g/mol. The first kappa shape index (κ1) is 13.7. The molecular formula is C17H20N4. The van der Waals surface area contributed by atoms with Gasteiger partial charge in [0.05, 0.1) is 6.54 Å². The van der Waals surface area contributed by atoms with Crippen molar-refractivity contribution in [3.63, 3.8) is 0 Å². The summed E-state index contributed by atoms with van der Waals surface area (Å²) in [5.74, 6) is 4.87. The third-order valence-corrected chi connectivity index (χ3v) is 4.30. The maximum absolute atomic E-state index is 6.34. The Bertz CT molecular complexity index is 687. The molecule has 21 heavy (non-hydrogen) atoms. The molecule has 1 aliphatic carbocycles. The van der Waals surface area contributed by atoms with Gasteiger partial charge in [-0.2, -0.15) is 0 Å². The lowest BCUT2D eigenvalue weighted by Crippen LogP contribution is -2.09. The number of imidazole rings is 1. The number of hydrogen-bond acceptors (Lipinski definition) is 3. The van der Waals surface area contributed by atoms with Crippen molar-refractivity contribution in [3.05, 3.63) is 29.8 Å². The minimum atomic E-state index is 0.476. The van der Waals surface area contributed by atoms with Gasteiger partial charge in [0.25, 0.3) is 0 Å². The molecule has 2 N–H and O–H groups in total. The Balaban J connectivity index is 2.12. The molecule has 1 fully saturated rings. The Morgan fingerprint density at radius 1 is 1.43 bits per heavy atom. The number of rotatable bonds is 3. The van der Waals surface area contributed by atoms with Crippen LogP contribution in [0.3, 0.4) is 0 Å². The summed E-state index contributed by atoms with van der Waals surface area (Å²) >= 11 is 0. The SMILES string of the molecule is C#CCn1c(C2CCCC2)nc(-c2cnccc2C)c1N. The van der Waals surface area contributed by atoms with E-state index < -0.39 is 0 Å².